The number of hydrogen-bond acceptors (Lipinski definition) is 7. The quantitative estimate of drug-likeness (QED) is 0.424. The van der Waals surface area contributed by atoms with Crippen LogP contribution >= 0.6 is 31.9 Å². The maximum atomic E-state index is 8.89. The zero-order valence-corrected chi connectivity index (χ0v) is 18.3. The molecule has 1 aromatic heterocycles. The number of aromatic nitrogens is 3. The number of nitrogens with one attached hydrogen (secondary N) is 2. The summed E-state index contributed by atoms with van der Waals surface area (Å²) >= 11 is 7.18. The maximum absolute atomic E-state index is 8.89. The third-order valence-corrected chi connectivity index (χ3v) is 5.14. The minimum atomic E-state index is 0.0830. The van der Waals surface area contributed by atoms with Gasteiger partial charge in [0.15, 0.2) is 0 Å². The second-order valence-electron chi connectivity index (χ2n) is 6.29. The fraction of sp³-hybridized carbons (Fsp3) is 0.158. The van der Waals surface area contributed by atoms with Crippen LogP contribution in [0.3, 0.4) is 0 Å². The number of nitrogens with two attached hydrogens (primary N) is 1. The number of benzene rings is 2. The minimum absolute atomic E-state index is 0.0830. The lowest BCUT2D eigenvalue weighted by Gasteiger charge is -2.14. The average Bonchev–Trinajstić information content (AvgIpc) is 2.64. The first-order chi connectivity index (χ1) is 13.4. The van der Waals surface area contributed by atoms with Gasteiger partial charge in [-0.3, -0.25) is 0 Å². The SMILES string of the molecule is CC(C)c1cc(Br)c(Nc2nc(N)nc(Nc3ccc(C#N)cc3)n2)c(Br)c1. The van der Waals surface area contributed by atoms with Crippen LogP contribution in [0.2, 0.25) is 0 Å². The summed E-state index contributed by atoms with van der Waals surface area (Å²) in [6.07, 6.45) is 0. The van der Waals surface area contributed by atoms with Gasteiger partial charge >= 0.3 is 0 Å². The molecule has 0 aliphatic heterocycles. The van der Waals surface area contributed by atoms with Gasteiger partial charge in [-0.2, -0.15) is 20.2 Å². The summed E-state index contributed by atoms with van der Waals surface area (Å²) < 4.78 is 1.76. The fourth-order valence-electron chi connectivity index (χ4n) is 2.42. The van der Waals surface area contributed by atoms with Crippen LogP contribution in [0.1, 0.15) is 30.9 Å². The average molecular weight is 503 g/mol. The van der Waals surface area contributed by atoms with Crippen molar-refractivity contribution in [2.24, 2.45) is 0 Å². The zero-order chi connectivity index (χ0) is 20.3. The summed E-state index contributed by atoms with van der Waals surface area (Å²) in [7, 11) is 0. The van der Waals surface area contributed by atoms with Crippen LogP contribution in [0.15, 0.2) is 45.3 Å². The first kappa shape index (κ1) is 20.0. The summed E-state index contributed by atoms with van der Waals surface area (Å²) in [5, 5.41) is 15.1. The highest BCUT2D eigenvalue weighted by Gasteiger charge is 2.13. The second kappa shape index (κ2) is 8.54. The third kappa shape index (κ3) is 4.77. The van der Waals surface area contributed by atoms with E-state index >= 15 is 0 Å². The molecule has 0 radical (unpaired) electrons. The predicted molar refractivity (Wildman–Crippen MR) is 118 cm³/mol. The largest absolute Gasteiger partial charge is 0.368 e. The highest BCUT2D eigenvalue weighted by Crippen LogP contribution is 2.36. The summed E-state index contributed by atoms with van der Waals surface area (Å²) in [5.41, 5.74) is 9.14. The molecule has 0 bridgehead atoms. The molecule has 7 nitrogen and oxygen atoms in total. The molecule has 142 valence electrons. The van der Waals surface area contributed by atoms with Crippen LogP contribution in [0.5, 0.6) is 0 Å². The molecular weight excluding hydrogens is 486 g/mol. The molecule has 0 saturated heterocycles. The van der Waals surface area contributed by atoms with E-state index in [1.807, 2.05) is 0 Å². The molecule has 0 aliphatic carbocycles. The summed E-state index contributed by atoms with van der Waals surface area (Å²) in [6.45, 7) is 4.27. The van der Waals surface area contributed by atoms with E-state index < -0.39 is 0 Å². The number of halogens is 2. The molecule has 0 atom stereocenters. The summed E-state index contributed by atoms with van der Waals surface area (Å²) in [6, 6.07) is 13.1. The van der Waals surface area contributed by atoms with Crippen molar-refractivity contribution >= 4 is 61.1 Å². The third-order valence-electron chi connectivity index (χ3n) is 3.89. The topological polar surface area (TPSA) is 113 Å². The molecule has 3 rings (SSSR count). The number of nitrogens with zero attached hydrogens (tertiary/aromatic N) is 4. The fourth-order valence-corrected chi connectivity index (χ4v) is 3.84. The van der Waals surface area contributed by atoms with Crippen molar-refractivity contribution in [2.75, 3.05) is 16.4 Å². The minimum Gasteiger partial charge on any atom is -0.368 e. The Kier molecular flexibility index (Phi) is 6.11. The number of anilines is 5. The van der Waals surface area contributed by atoms with Crippen molar-refractivity contribution in [1.82, 2.24) is 15.0 Å². The van der Waals surface area contributed by atoms with Crippen LogP contribution in [0, 0.1) is 11.3 Å². The molecule has 1 heterocycles. The Bertz CT molecular complexity index is 1020. The van der Waals surface area contributed by atoms with Gasteiger partial charge < -0.3 is 16.4 Å². The van der Waals surface area contributed by atoms with Gasteiger partial charge in [0.05, 0.1) is 17.3 Å². The van der Waals surface area contributed by atoms with E-state index in [2.05, 4.69) is 89.5 Å². The van der Waals surface area contributed by atoms with E-state index in [9.17, 15) is 0 Å². The number of hydrogen-bond donors (Lipinski definition) is 3. The van der Waals surface area contributed by atoms with E-state index in [1.54, 1.807) is 24.3 Å². The van der Waals surface area contributed by atoms with Crippen LogP contribution in [-0.4, -0.2) is 15.0 Å². The Hall–Kier alpha value is -2.70. The van der Waals surface area contributed by atoms with Crippen molar-refractivity contribution in [2.45, 2.75) is 19.8 Å². The Labute approximate surface area is 179 Å². The standard InChI is InChI=1S/C19H17Br2N7/c1-10(2)12-7-14(20)16(15(21)8-12)25-19-27-17(23)26-18(28-19)24-13-5-3-11(9-22)4-6-13/h3-8,10H,1-2H3,(H4,23,24,25,26,27,28). The molecule has 3 aromatic rings. The van der Waals surface area contributed by atoms with Gasteiger partial charge in [-0.05, 0) is 79.7 Å². The Balaban J connectivity index is 1.86. The molecule has 9 heteroatoms. The first-order valence-electron chi connectivity index (χ1n) is 8.40. The summed E-state index contributed by atoms with van der Waals surface area (Å²) in [5.74, 6) is 1.09. The lowest BCUT2D eigenvalue weighted by atomic mass is 10.0. The van der Waals surface area contributed by atoms with E-state index in [-0.39, 0.29) is 5.95 Å². The molecule has 4 N–H and O–H groups in total. The number of nitriles is 1. The van der Waals surface area contributed by atoms with Gasteiger partial charge in [0.1, 0.15) is 0 Å². The van der Waals surface area contributed by atoms with Gasteiger partial charge in [0, 0.05) is 14.6 Å². The highest BCUT2D eigenvalue weighted by molar-refractivity contribution is 9.11. The van der Waals surface area contributed by atoms with Gasteiger partial charge in [-0.25, -0.2) is 0 Å². The molecule has 0 saturated carbocycles. The maximum Gasteiger partial charge on any atom is 0.233 e. The molecular formula is C19H17Br2N7. The zero-order valence-electron chi connectivity index (χ0n) is 15.2. The monoisotopic (exact) mass is 501 g/mol. The second-order valence-corrected chi connectivity index (χ2v) is 8.00. The van der Waals surface area contributed by atoms with Gasteiger partial charge in [-0.15, -0.1) is 0 Å². The normalized spacial score (nSPS) is 10.6. The molecule has 2 aromatic carbocycles. The van der Waals surface area contributed by atoms with Crippen LogP contribution in [0.25, 0.3) is 0 Å². The number of nitrogen functional groups attached to an aromatic ring is 1. The lowest BCUT2D eigenvalue weighted by molar-refractivity contribution is 0.865. The molecule has 0 spiro atoms. The van der Waals surface area contributed by atoms with Crippen molar-refractivity contribution in [3.05, 3.63) is 56.5 Å². The van der Waals surface area contributed by atoms with E-state index in [0.29, 0.717) is 23.4 Å². The van der Waals surface area contributed by atoms with Crippen molar-refractivity contribution in [3.63, 3.8) is 0 Å². The first-order valence-corrected chi connectivity index (χ1v) is 9.99. The summed E-state index contributed by atoms with van der Waals surface area (Å²) in [4.78, 5) is 12.6. The van der Waals surface area contributed by atoms with Crippen molar-refractivity contribution in [3.8, 4) is 6.07 Å². The lowest BCUT2D eigenvalue weighted by Crippen LogP contribution is -2.07. The molecule has 28 heavy (non-hydrogen) atoms. The number of rotatable bonds is 5. The van der Waals surface area contributed by atoms with E-state index in [4.69, 9.17) is 11.0 Å². The molecule has 0 amide bonds. The van der Waals surface area contributed by atoms with E-state index in [1.165, 1.54) is 5.56 Å². The molecule has 0 unspecified atom stereocenters. The van der Waals surface area contributed by atoms with Crippen molar-refractivity contribution < 1.29 is 0 Å². The Morgan fingerprint density at radius 3 is 2.07 bits per heavy atom. The molecule has 0 fully saturated rings. The highest BCUT2D eigenvalue weighted by atomic mass is 79.9. The van der Waals surface area contributed by atoms with Crippen LogP contribution < -0.4 is 16.4 Å². The Morgan fingerprint density at radius 1 is 0.964 bits per heavy atom. The molecule has 0 aliphatic rings. The predicted octanol–water partition coefficient (Wildman–Crippen LogP) is 5.46. The van der Waals surface area contributed by atoms with Crippen molar-refractivity contribution in [1.29, 1.82) is 5.26 Å². The van der Waals surface area contributed by atoms with E-state index in [0.717, 1.165) is 20.3 Å². The van der Waals surface area contributed by atoms with Gasteiger partial charge in [0.25, 0.3) is 0 Å². The van der Waals surface area contributed by atoms with Gasteiger partial charge in [-0.1, -0.05) is 13.8 Å². The smallest absolute Gasteiger partial charge is 0.233 e. The van der Waals surface area contributed by atoms with Crippen LogP contribution in [-0.2, 0) is 0 Å². The van der Waals surface area contributed by atoms with Crippen LogP contribution in [0.4, 0.5) is 29.2 Å². The Morgan fingerprint density at radius 2 is 1.54 bits per heavy atom. The van der Waals surface area contributed by atoms with Gasteiger partial charge in [0.2, 0.25) is 17.8 Å².